The zero-order chi connectivity index (χ0) is 9.97. The molecule has 0 bridgehead atoms. The molecule has 1 aromatic heterocycles. The zero-order valence-electron chi connectivity index (χ0n) is 7.86. The highest BCUT2D eigenvalue weighted by Crippen LogP contribution is 2.17. The van der Waals surface area contributed by atoms with Gasteiger partial charge in [-0.1, -0.05) is 11.6 Å². The third-order valence-corrected chi connectivity index (χ3v) is 2.69. The maximum Gasteiger partial charge on any atom is 0.0589 e. The van der Waals surface area contributed by atoms with Crippen LogP contribution in [0.25, 0.3) is 0 Å². The molecule has 0 radical (unpaired) electrons. The first-order valence-electron chi connectivity index (χ1n) is 4.71. The van der Waals surface area contributed by atoms with Crippen molar-refractivity contribution in [3.63, 3.8) is 0 Å². The molecule has 2 rings (SSSR count). The van der Waals surface area contributed by atoms with Crippen molar-refractivity contribution in [1.29, 1.82) is 0 Å². The van der Waals surface area contributed by atoms with E-state index in [9.17, 15) is 0 Å². The minimum absolute atomic E-state index is 0.296. The molecule has 3 nitrogen and oxygen atoms in total. The molecule has 14 heavy (non-hydrogen) atoms. The monoisotopic (exact) mass is 212 g/mol. The lowest BCUT2D eigenvalue weighted by molar-refractivity contribution is 0.0470. The molecule has 0 amide bonds. The van der Waals surface area contributed by atoms with E-state index in [1.54, 1.807) is 6.20 Å². The van der Waals surface area contributed by atoms with Crippen LogP contribution < -0.4 is 0 Å². The van der Waals surface area contributed by atoms with Gasteiger partial charge in [0, 0.05) is 38.4 Å². The second-order valence-electron chi connectivity index (χ2n) is 3.71. The molecule has 76 valence electrons. The topological polar surface area (TPSA) is 36.4 Å². The molecule has 0 atom stereocenters. The van der Waals surface area contributed by atoms with Crippen LogP contribution in [0.4, 0.5) is 0 Å². The highest BCUT2D eigenvalue weighted by atomic mass is 35.5. The first-order chi connectivity index (χ1) is 6.78. The molecule has 0 saturated carbocycles. The summed E-state index contributed by atoms with van der Waals surface area (Å²) in [5, 5.41) is 9.52. The molecule has 0 spiro atoms. The second kappa shape index (κ2) is 4.26. The minimum Gasteiger partial charge on any atom is -0.396 e. The van der Waals surface area contributed by atoms with E-state index >= 15 is 0 Å². The van der Waals surface area contributed by atoms with Crippen LogP contribution in [0.3, 0.4) is 0 Å². The number of aliphatic hydroxyl groups is 1. The molecule has 1 N–H and O–H groups in total. The Hall–Kier alpha value is -0.640. The van der Waals surface area contributed by atoms with Gasteiger partial charge in [0.2, 0.25) is 0 Å². The number of likely N-dealkylation sites (tertiary alicyclic amines) is 1. The molecule has 0 aliphatic carbocycles. The molecular weight excluding hydrogens is 200 g/mol. The molecule has 1 aliphatic rings. The Labute approximate surface area is 88.3 Å². The molecular formula is C10H13ClN2O. The number of pyridine rings is 1. The van der Waals surface area contributed by atoms with E-state index in [4.69, 9.17) is 16.7 Å². The maximum atomic E-state index is 8.85. The third kappa shape index (κ3) is 2.23. The summed E-state index contributed by atoms with van der Waals surface area (Å²) in [5.74, 6) is 0.460. The smallest absolute Gasteiger partial charge is 0.0589 e. The number of aliphatic hydroxyl groups excluding tert-OH is 1. The van der Waals surface area contributed by atoms with Crippen molar-refractivity contribution in [2.75, 3.05) is 19.7 Å². The lowest BCUT2D eigenvalue weighted by Crippen LogP contribution is -2.47. The van der Waals surface area contributed by atoms with Crippen LogP contribution in [0.1, 0.15) is 5.69 Å². The fourth-order valence-corrected chi connectivity index (χ4v) is 1.76. The van der Waals surface area contributed by atoms with Crippen LogP contribution in [-0.4, -0.2) is 34.7 Å². The Kier molecular flexibility index (Phi) is 3.01. The van der Waals surface area contributed by atoms with Gasteiger partial charge in [0.05, 0.1) is 10.7 Å². The second-order valence-corrected chi connectivity index (χ2v) is 4.15. The summed E-state index contributed by atoms with van der Waals surface area (Å²) >= 11 is 5.73. The van der Waals surface area contributed by atoms with E-state index in [0.29, 0.717) is 17.5 Å². The van der Waals surface area contributed by atoms with Gasteiger partial charge in [0.25, 0.3) is 0 Å². The summed E-state index contributed by atoms with van der Waals surface area (Å²) in [4.78, 5) is 6.48. The Balaban J connectivity index is 1.84. The third-order valence-electron chi connectivity index (χ3n) is 2.47. The lowest BCUT2D eigenvalue weighted by atomic mass is 10.0. The number of nitrogens with zero attached hydrogens (tertiary/aromatic N) is 2. The van der Waals surface area contributed by atoms with Crippen molar-refractivity contribution in [3.8, 4) is 0 Å². The van der Waals surface area contributed by atoms with Gasteiger partial charge in [-0.3, -0.25) is 9.88 Å². The zero-order valence-corrected chi connectivity index (χ0v) is 8.61. The van der Waals surface area contributed by atoms with Crippen molar-refractivity contribution in [2.24, 2.45) is 5.92 Å². The van der Waals surface area contributed by atoms with Gasteiger partial charge < -0.3 is 5.11 Å². The minimum atomic E-state index is 0.296. The van der Waals surface area contributed by atoms with Crippen LogP contribution in [0.5, 0.6) is 0 Å². The summed E-state index contributed by atoms with van der Waals surface area (Å²) in [6, 6.07) is 3.79. The van der Waals surface area contributed by atoms with Gasteiger partial charge in [0.1, 0.15) is 0 Å². The largest absolute Gasteiger partial charge is 0.396 e. The predicted molar refractivity (Wildman–Crippen MR) is 55.1 cm³/mol. The van der Waals surface area contributed by atoms with Gasteiger partial charge in [-0.2, -0.15) is 0 Å². The van der Waals surface area contributed by atoms with Crippen LogP contribution in [-0.2, 0) is 6.54 Å². The van der Waals surface area contributed by atoms with E-state index < -0.39 is 0 Å². The summed E-state index contributed by atoms with van der Waals surface area (Å²) < 4.78 is 0. The highest BCUT2D eigenvalue weighted by molar-refractivity contribution is 6.30. The van der Waals surface area contributed by atoms with Crippen LogP contribution >= 0.6 is 11.6 Å². The fourth-order valence-electron chi connectivity index (χ4n) is 1.65. The summed E-state index contributed by atoms with van der Waals surface area (Å²) in [6.07, 6.45) is 1.67. The van der Waals surface area contributed by atoms with E-state index in [1.165, 1.54) is 0 Å². The van der Waals surface area contributed by atoms with Gasteiger partial charge in [-0.05, 0) is 12.1 Å². The van der Waals surface area contributed by atoms with Gasteiger partial charge >= 0.3 is 0 Å². The van der Waals surface area contributed by atoms with E-state index in [2.05, 4.69) is 9.88 Å². The van der Waals surface area contributed by atoms with Crippen molar-refractivity contribution >= 4 is 11.6 Å². The molecule has 4 heteroatoms. The molecule has 1 aliphatic heterocycles. The average Bonchev–Trinajstić information content (AvgIpc) is 2.13. The number of hydrogen-bond acceptors (Lipinski definition) is 3. The molecule has 0 unspecified atom stereocenters. The summed E-state index contributed by atoms with van der Waals surface area (Å²) in [5.41, 5.74) is 1.03. The number of halogens is 1. The number of aromatic nitrogens is 1. The molecule has 1 fully saturated rings. The van der Waals surface area contributed by atoms with E-state index in [-0.39, 0.29) is 0 Å². The van der Waals surface area contributed by atoms with Crippen LogP contribution in [0.15, 0.2) is 18.3 Å². The van der Waals surface area contributed by atoms with Gasteiger partial charge in [-0.25, -0.2) is 0 Å². The first kappa shape index (κ1) is 9.90. The Morgan fingerprint density at radius 2 is 2.29 bits per heavy atom. The SMILES string of the molecule is OCC1CN(Cc2ccc(Cl)cn2)C1. The number of hydrogen-bond donors (Lipinski definition) is 1. The molecule has 1 aromatic rings. The van der Waals surface area contributed by atoms with Gasteiger partial charge in [-0.15, -0.1) is 0 Å². The Morgan fingerprint density at radius 1 is 1.50 bits per heavy atom. The maximum absolute atomic E-state index is 8.85. The predicted octanol–water partition coefficient (Wildman–Crippen LogP) is 1.16. The van der Waals surface area contributed by atoms with Crippen LogP contribution in [0.2, 0.25) is 5.02 Å². The van der Waals surface area contributed by atoms with Crippen molar-refractivity contribution in [2.45, 2.75) is 6.54 Å². The fraction of sp³-hybridized carbons (Fsp3) is 0.500. The molecule has 2 heterocycles. The average molecular weight is 213 g/mol. The molecule has 0 aromatic carbocycles. The number of rotatable bonds is 3. The quantitative estimate of drug-likeness (QED) is 0.817. The van der Waals surface area contributed by atoms with Crippen molar-refractivity contribution in [1.82, 2.24) is 9.88 Å². The van der Waals surface area contributed by atoms with Crippen molar-refractivity contribution < 1.29 is 5.11 Å². The van der Waals surface area contributed by atoms with Gasteiger partial charge in [0.15, 0.2) is 0 Å². The standard InChI is InChI=1S/C10H13ClN2O/c11-9-1-2-10(12-3-9)6-13-4-8(5-13)7-14/h1-3,8,14H,4-7H2. The Morgan fingerprint density at radius 3 is 2.86 bits per heavy atom. The van der Waals surface area contributed by atoms with Crippen molar-refractivity contribution in [3.05, 3.63) is 29.0 Å². The summed E-state index contributed by atoms with van der Waals surface area (Å²) in [7, 11) is 0. The molecule has 1 saturated heterocycles. The van der Waals surface area contributed by atoms with E-state index in [0.717, 1.165) is 25.3 Å². The first-order valence-corrected chi connectivity index (χ1v) is 5.09. The normalized spacial score (nSPS) is 18.1. The Bertz CT molecular complexity index is 295. The highest BCUT2D eigenvalue weighted by Gasteiger charge is 2.25. The lowest BCUT2D eigenvalue weighted by Gasteiger charge is -2.37. The summed E-state index contributed by atoms with van der Waals surface area (Å²) in [6.45, 7) is 3.10. The van der Waals surface area contributed by atoms with E-state index in [1.807, 2.05) is 12.1 Å². The van der Waals surface area contributed by atoms with Crippen LogP contribution in [0, 0.1) is 5.92 Å².